The Morgan fingerprint density at radius 3 is 2.65 bits per heavy atom. The maximum Gasteiger partial charge on any atom is 0.239 e. The monoisotopic (exact) mass is 239 g/mol. The number of hydrogen-bond donors (Lipinski definition) is 1. The van der Waals surface area contributed by atoms with Gasteiger partial charge in [0.25, 0.3) is 0 Å². The molecular formula is C13H25N3O. The van der Waals surface area contributed by atoms with Crippen molar-refractivity contribution in [1.29, 1.82) is 0 Å². The summed E-state index contributed by atoms with van der Waals surface area (Å²) in [6.45, 7) is 7.12. The normalized spacial score (nSPS) is 35.9. The standard InChI is InChI=1S/C13H25N3O/c1-10-5-4-6-12(14-10)13(17)16-8-7-15(3)11(2)9-16/h10-12,14H,4-9H2,1-3H3. The number of rotatable bonds is 1. The second-order valence-corrected chi connectivity index (χ2v) is 5.67. The molecule has 17 heavy (non-hydrogen) atoms. The first-order chi connectivity index (χ1) is 8.08. The van der Waals surface area contributed by atoms with E-state index in [1.54, 1.807) is 0 Å². The predicted molar refractivity (Wildman–Crippen MR) is 68.9 cm³/mol. The van der Waals surface area contributed by atoms with Crippen LogP contribution in [0.25, 0.3) is 0 Å². The number of carbonyl (C=O) groups is 1. The largest absolute Gasteiger partial charge is 0.339 e. The summed E-state index contributed by atoms with van der Waals surface area (Å²) in [4.78, 5) is 16.8. The maximum absolute atomic E-state index is 12.4. The molecule has 0 radical (unpaired) electrons. The number of amides is 1. The Bertz CT molecular complexity index is 282. The Hall–Kier alpha value is -0.610. The average Bonchev–Trinajstić information content (AvgIpc) is 2.32. The number of nitrogens with one attached hydrogen (secondary N) is 1. The molecule has 98 valence electrons. The van der Waals surface area contributed by atoms with Gasteiger partial charge in [0.2, 0.25) is 5.91 Å². The van der Waals surface area contributed by atoms with Crippen LogP contribution >= 0.6 is 0 Å². The first-order valence-corrected chi connectivity index (χ1v) is 6.83. The summed E-state index contributed by atoms with van der Waals surface area (Å²) in [5.41, 5.74) is 0. The Morgan fingerprint density at radius 1 is 1.24 bits per heavy atom. The molecule has 3 atom stereocenters. The first kappa shape index (κ1) is 12.8. The van der Waals surface area contributed by atoms with Crippen LogP contribution in [-0.4, -0.2) is 60.5 Å². The van der Waals surface area contributed by atoms with Crippen molar-refractivity contribution in [2.75, 3.05) is 26.7 Å². The van der Waals surface area contributed by atoms with Crippen molar-refractivity contribution in [1.82, 2.24) is 15.1 Å². The summed E-state index contributed by atoms with van der Waals surface area (Å²) in [5, 5.41) is 3.43. The van der Waals surface area contributed by atoms with Crippen molar-refractivity contribution >= 4 is 5.91 Å². The van der Waals surface area contributed by atoms with Crippen molar-refractivity contribution in [3.8, 4) is 0 Å². The Balaban J connectivity index is 1.91. The van der Waals surface area contributed by atoms with Gasteiger partial charge in [-0.1, -0.05) is 0 Å². The van der Waals surface area contributed by atoms with Crippen LogP contribution in [-0.2, 0) is 4.79 Å². The quantitative estimate of drug-likeness (QED) is 0.731. The van der Waals surface area contributed by atoms with E-state index in [1.807, 2.05) is 4.90 Å². The SMILES string of the molecule is CC1CCCC(C(=O)N2CCN(C)C(C)C2)N1. The highest BCUT2D eigenvalue weighted by atomic mass is 16.2. The first-order valence-electron chi connectivity index (χ1n) is 6.83. The molecule has 0 aromatic heterocycles. The van der Waals surface area contributed by atoms with Gasteiger partial charge in [-0.15, -0.1) is 0 Å². The van der Waals surface area contributed by atoms with E-state index in [9.17, 15) is 4.79 Å². The third kappa shape index (κ3) is 2.99. The molecule has 0 saturated carbocycles. The minimum absolute atomic E-state index is 0.0642. The van der Waals surface area contributed by atoms with E-state index in [0.717, 1.165) is 26.1 Å². The molecule has 4 nitrogen and oxygen atoms in total. The molecule has 1 amide bonds. The third-order valence-corrected chi connectivity index (χ3v) is 4.19. The predicted octanol–water partition coefficient (Wildman–Crippen LogP) is 0.680. The lowest BCUT2D eigenvalue weighted by Gasteiger charge is -2.40. The number of piperazine rings is 1. The topological polar surface area (TPSA) is 35.6 Å². The zero-order valence-electron chi connectivity index (χ0n) is 11.3. The van der Waals surface area contributed by atoms with Crippen LogP contribution in [0.15, 0.2) is 0 Å². The van der Waals surface area contributed by atoms with Gasteiger partial charge in [0.15, 0.2) is 0 Å². The summed E-state index contributed by atoms with van der Waals surface area (Å²) < 4.78 is 0. The van der Waals surface area contributed by atoms with Gasteiger partial charge in [-0.05, 0) is 40.2 Å². The van der Waals surface area contributed by atoms with Gasteiger partial charge in [0, 0.05) is 31.7 Å². The van der Waals surface area contributed by atoms with Crippen LogP contribution in [0.3, 0.4) is 0 Å². The molecule has 2 aliphatic heterocycles. The van der Waals surface area contributed by atoms with Crippen LogP contribution in [0.1, 0.15) is 33.1 Å². The summed E-state index contributed by atoms with van der Waals surface area (Å²) in [6, 6.07) is 1.03. The van der Waals surface area contributed by atoms with Gasteiger partial charge < -0.3 is 15.1 Å². The molecule has 0 spiro atoms. The van der Waals surface area contributed by atoms with Crippen LogP contribution in [0.5, 0.6) is 0 Å². The molecule has 2 rings (SSSR count). The van der Waals surface area contributed by atoms with Gasteiger partial charge in [-0.3, -0.25) is 4.79 Å². The lowest BCUT2D eigenvalue weighted by atomic mass is 9.98. The van der Waals surface area contributed by atoms with Crippen molar-refractivity contribution in [2.24, 2.45) is 0 Å². The minimum atomic E-state index is 0.0642. The van der Waals surface area contributed by atoms with Crippen molar-refractivity contribution in [2.45, 2.75) is 51.2 Å². The lowest BCUT2D eigenvalue weighted by Crippen LogP contribution is -2.58. The zero-order chi connectivity index (χ0) is 12.4. The molecule has 0 bridgehead atoms. The number of hydrogen-bond acceptors (Lipinski definition) is 3. The third-order valence-electron chi connectivity index (χ3n) is 4.19. The Kier molecular flexibility index (Phi) is 4.05. The highest BCUT2D eigenvalue weighted by molar-refractivity contribution is 5.82. The maximum atomic E-state index is 12.4. The van der Waals surface area contributed by atoms with E-state index in [0.29, 0.717) is 18.0 Å². The molecule has 2 aliphatic rings. The summed E-state index contributed by atoms with van der Waals surface area (Å²) in [5.74, 6) is 0.316. The molecule has 4 heteroatoms. The van der Waals surface area contributed by atoms with Crippen LogP contribution in [0, 0.1) is 0 Å². The summed E-state index contributed by atoms with van der Waals surface area (Å²) in [7, 11) is 2.13. The van der Waals surface area contributed by atoms with E-state index in [2.05, 4.69) is 31.1 Å². The molecule has 0 aliphatic carbocycles. The van der Waals surface area contributed by atoms with Gasteiger partial charge in [-0.25, -0.2) is 0 Å². The highest BCUT2D eigenvalue weighted by Crippen LogP contribution is 2.16. The molecule has 2 heterocycles. The number of carbonyl (C=O) groups excluding carboxylic acids is 1. The van der Waals surface area contributed by atoms with Crippen molar-refractivity contribution < 1.29 is 4.79 Å². The van der Waals surface area contributed by atoms with Gasteiger partial charge in [-0.2, -0.15) is 0 Å². The van der Waals surface area contributed by atoms with E-state index < -0.39 is 0 Å². The average molecular weight is 239 g/mol. The molecule has 2 fully saturated rings. The van der Waals surface area contributed by atoms with Crippen LogP contribution in [0.2, 0.25) is 0 Å². The molecule has 1 N–H and O–H groups in total. The second-order valence-electron chi connectivity index (χ2n) is 5.67. The molecule has 2 saturated heterocycles. The molecule has 3 unspecified atom stereocenters. The van der Waals surface area contributed by atoms with Gasteiger partial charge in [0.05, 0.1) is 6.04 Å². The lowest BCUT2D eigenvalue weighted by molar-refractivity contribution is -0.137. The van der Waals surface area contributed by atoms with Crippen LogP contribution in [0.4, 0.5) is 0 Å². The van der Waals surface area contributed by atoms with E-state index in [-0.39, 0.29) is 6.04 Å². The summed E-state index contributed by atoms with van der Waals surface area (Å²) in [6.07, 6.45) is 3.38. The highest BCUT2D eigenvalue weighted by Gasteiger charge is 2.31. The molecule has 0 aromatic rings. The van der Waals surface area contributed by atoms with Gasteiger partial charge >= 0.3 is 0 Å². The molecular weight excluding hydrogens is 214 g/mol. The Labute approximate surface area is 104 Å². The summed E-state index contributed by atoms with van der Waals surface area (Å²) >= 11 is 0. The zero-order valence-corrected chi connectivity index (χ0v) is 11.3. The van der Waals surface area contributed by atoms with E-state index in [4.69, 9.17) is 0 Å². The van der Waals surface area contributed by atoms with Crippen molar-refractivity contribution in [3.63, 3.8) is 0 Å². The van der Waals surface area contributed by atoms with Crippen LogP contribution < -0.4 is 5.32 Å². The number of likely N-dealkylation sites (N-methyl/N-ethyl adjacent to an activating group) is 1. The van der Waals surface area contributed by atoms with E-state index >= 15 is 0 Å². The molecule has 0 aromatic carbocycles. The van der Waals surface area contributed by atoms with E-state index in [1.165, 1.54) is 12.8 Å². The number of nitrogens with zero attached hydrogens (tertiary/aromatic N) is 2. The fraction of sp³-hybridized carbons (Fsp3) is 0.923. The number of piperidine rings is 1. The van der Waals surface area contributed by atoms with Gasteiger partial charge in [0.1, 0.15) is 0 Å². The fourth-order valence-electron chi connectivity index (χ4n) is 2.80. The fourth-order valence-corrected chi connectivity index (χ4v) is 2.80. The Morgan fingerprint density at radius 2 is 2.00 bits per heavy atom. The minimum Gasteiger partial charge on any atom is -0.339 e. The van der Waals surface area contributed by atoms with Crippen molar-refractivity contribution in [3.05, 3.63) is 0 Å². The smallest absolute Gasteiger partial charge is 0.239 e. The second kappa shape index (κ2) is 5.36.